The third-order valence-corrected chi connectivity index (χ3v) is 5.85. The van der Waals surface area contributed by atoms with Crippen LogP contribution in [0.5, 0.6) is 0 Å². The summed E-state index contributed by atoms with van der Waals surface area (Å²) in [4.78, 5) is 11.4. The van der Waals surface area contributed by atoms with Crippen LogP contribution in [0.2, 0.25) is 18.6 Å². The molecule has 0 spiro atoms. The van der Waals surface area contributed by atoms with Gasteiger partial charge in [-0.3, -0.25) is 4.79 Å². The molecule has 0 N–H and O–H groups in total. The Bertz CT molecular complexity index is 176. The van der Waals surface area contributed by atoms with Crippen LogP contribution >= 0.6 is 0 Å². The molecule has 0 aromatic heterocycles. The molecule has 0 aliphatic rings. The van der Waals surface area contributed by atoms with Crippen molar-refractivity contribution in [3.63, 3.8) is 0 Å². The lowest BCUT2D eigenvalue weighted by molar-refractivity contribution is -0.117. The summed E-state index contributed by atoms with van der Waals surface area (Å²) < 4.78 is 5.87. The number of carbonyl (C=O) groups excluding carboxylic acids is 1. The van der Waals surface area contributed by atoms with Gasteiger partial charge in [0.05, 0.1) is 0 Å². The van der Waals surface area contributed by atoms with E-state index in [-0.39, 0.29) is 17.4 Å². The summed E-state index contributed by atoms with van der Waals surface area (Å²) in [7, 11) is -1.81. The molecular formula is C10H22O2Si. The van der Waals surface area contributed by atoms with Gasteiger partial charge in [0.25, 0.3) is 0 Å². The van der Waals surface area contributed by atoms with Crippen LogP contribution in [0.3, 0.4) is 0 Å². The third kappa shape index (κ3) is 4.05. The molecule has 2 nitrogen and oxygen atoms in total. The van der Waals surface area contributed by atoms with Crippen molar-refractivity contribution in [1.29, 1.82) is 0 Å². The van der Waals surface area contributed by atoms with E-state index in [0.717, 1.165) is 6.42 Å². The van der Waals surface area contributed by atoms with Gasteiger partial charge >= 0.3 is 0 Å². The molecule has 0 aromatic carbocycles. The zero-order valence-electron chi connectivity index (χ0n) is 9.68. The summed E-state index contributed by atoms with van der Waals surface area (Å²) in [5.41, 5.74) is 0.148. The molecule has 1 atom stereocenters. The molecule has 0 saturated carbocycles. The number of hydrogen-bond acceptors (Lipinski definition) is 2. The van der Waals surface area contributed by atoms with Crippen LogP contribution in [0.4, 0.5) is 0 Å². The molecule has 78 valence electrons. The molecule has 0 aliphatic heterocycles. The molecule has 0 amide bonds. The van der Waals surface area contributed by atoms with Crippen molar-refractivity contribution < 1.29 is 9.22 Å². The molecule has 0 saturated heterocycles. The van der Waals surface area contributed by atoms with Crippen LogP contribution in [0.1, 0.15) is 34.1 Å². The number of ketones is 1. The van der Waals surface area contributed by atoms with E-state index in [9.17, 15) is 4.79 Å². The Morgan fingerprint density at radius 2 is 1.85 bits per heavy atom. The normalized spacial score (nSPS) is 14.7. The number of hydrogen-bond donors (Lipinski definition) is 0. The Balaban J connectivity index is 4.47. The first kappa shape index (κ1) is 12.8. The highest BCUT2D eigenvalue weighted by molar-refractivity contribution is 6.76. The second-order valence-electron chi connectivity index (χ2n) is 4.34. The van der Waals surface area contributed by atoms with Crippen LogP contribution in [0.15, 0.2) is 0 Å². The van der Waals surface area contributed by atoms with Crippen molar-refractivity contribution in [2.45, 2.75) is 58.9 Å². The van der Waals surface area contributed by atoms with Crippen molar-refractivity contribution in [2.75, 3.05) is 0 Å². The molecule has 3 heteroatoms. The lowest BCUT2D eigenvalue weighted by atomic mass is 10.2. The lowest BCUT2D eigenvalue weighted by Crippen LogP contribution is -2.41. The first-order chi connectivity index (χ1) is 5.81. The first-order valence-corrected chi connectivity index (χ1v) is 7.98. The van der Waals surface area contributed by atoms with Gasteiger partial charge in [-0.2, -0.15) is 0 Å². The largest absolute Gasteiger partial charge is 0.414 e. The Morgan fingerprint density at radius 3 is 2.08 bits per heavy atom. The average Bonchev–Trinajstić information content (AvgIpc) is 1.82. The Kier molecular flexibility index (Phi) is 4.85. The fraction of sp³-hybridized carbons (Fsp3) is 0.900. The van der Waals surface area contributed by atoms with Gasteiger partial charge in [0.2, 0.25) is 0 Å². The quantitative estimate of drug-likeness (QED) is 0.641. The predicted octanol–water partition coefficient (Wildman–Crippen LogP) is 2.99. The summed E-state index contributed by atoms with van der Waals surface area (Å²) >= 11 is 0. The van der Waals surface area contributed by atoms with E-state index >= 15 is 0 Å². The molecule has 13 heavy (non-hydrogen) atoms. The molecular weight excluding hydrogens is 180 g/mol. The van der Waals surface area contributed by atoms with Gasteiger partial charge in [0.15, 0.2) is 8.32 Å². The van der Waals surface area contributed by atoms with Crippen LogP contribution < -0.4 is 0 Å². The molecule has 0 fully saturated rings. The number of carbonyl (C=O) groups is 1. The first-order valence-electron chi connectivity index (χ1n) is 4.99. The minimum absolute atomic E-state index is 0.148. The zero-order valence-corrected chi connectivity index (χ0v) is 10.7. The van der Waals surface area contributed by atoms with Gasteiger partial charge < -0.3 is 4.43 Å². The molecule has 0 unspecified atom stereocenters. The minimum atomic E-state index is -1.81. The minimum Gasteiger partial charge on any atom is -0.414 e. The molecule has 0 bridgehead atoms. The molecule has 0 heterocycles. The van der Waals surface area contributed by atoms with Gasteiger partial charge in [0.1, 0.15) is 5.78 Å². The van der Waals surface area contributed by atoms with E-state index in [2.05, 4.69) is 20.0 Å². The van der Waals surface area contributed by atoms with E-state index in [1.54, 1.807) is 6.92 Å². The Labute approximate surface area is 82.8 Å². The highest BCUT2D eigenvalue weighted by Crippen LogP contribution is 2.28. The van der Waals surface area contributed by atoms with Crippen molar-refractivity contribution in [3.05, 3.63) is 0 Å². The zero-order chi connectivity index (χ0) is 10.6. The van der Waals surface area contributed by atoms with E-state index in [4.69, 9.17) is 4.43 Å². The van der Waals surface area contributed by atoms with E-state index in [1.807, 2.05) is 13.8 Å². The van der Waals surface area contributed by atoms with E-state index in [1.165, 1.54) is 0 Å². The van der Waals surface area contributed by atoms with Gasteiger partial charge in [-0.15, -0.1) is 0 Å². The second kappa shape index (κ2) is 4.91. The molecule has 0 radical (unpaired) electrons. The third-order valence-electron chi connectivity index (χ3n) is 2.28. The van der Waals surface area contributed by atoms with E-state index < -0.39 is 8.32 Å². The number of Topliss-reactive ketones (excluding diaryl/α,β-unsaturated/α-hetero) is 1. The fourth-order valence-electron chi connectivity index (χ4n) is 1.96. The Hall–Kier alpha value is -0.153. The maximum atomic E-state index is 11.4. The summed E-state index contributed by atoms with van der Waals surface area (Å²) in [6.07, 6.45) is 1.14. The van der Waals surface area contributed by atoms with Gasteiger partial charge in [-0.25, -0.2) is 0 Å². The second-order valence-corrected chi connectivity index (χ2v) is 8.48. The highest BCUT2D eigenvalue weighted by Gasteiger charge is 2.36. The maximum absolute atomic E-state index is 11.4. The fourth-order valence-corrected chi connectivity index (χ4v) is 5.30. The van der Waals surface area contributed by atoms with Gasteiger partial charge in [-0.05, 0) is 40.3 Å². The van der Waals surface area contributed by atoms with Crippen molar-refractivity contribution in [1.82, 2.24) is 0 Å². The van der Waals surface area contributed by atoms with Crippen molar-refractivity contribution in [2.24, 2.45) is 0 Å². The lowest BCUT2D eigenvalue weighted by Gasteiger charge is -2.31. The number of rotatable bonds is 5. The molecule has 0 aliphatic carbocycles. The van der Waals surface area contributed by atoms with Crippen molar-refractivity contribution >= 4 is 14.1 Å². The van der Waals surface area contributed by atoms with Crippen LogP contribution in [-0.2, 0) is 9.22 Å². The highest BCUT2D eigenvalue weighted by atomic mass is 28.4. The van der Waals surface area contributed by atoms with Gasteiger partial charge in [0, 0.05) is 11.6 Å². The summed E-state index contributed by atoms with van der Waals surface area (Å²) in [6, 6.07) is 0. The van der Waals surface area contributed by atoms with Crippen molar-refractivity contribution in [3.8, 4) is 0 Å². The predicted molar refractivity (Wildman–Crippen MR) is 58.4 cm³/mol. The monoisotopic (exact) mass is 202 g/mol. The smallest absolute Gasteiger partial charge is 0.197 e. The summed E-state index contributed by atoms with van der Waals surface area (Å²) in [5.74, 6) is 0.278. The molecule has 0 rings (SSSR count). The Morgan fingerprint density at radius 1 is 1.38 bits per heavy atom. The summed E-state index contributed by atoms with van der Waals surface area (Å²) in [5, 5.41) is 0. The van der Waals surface area contributed by atoms with Crippen LogP contribution in [-0.4, -0.2) is 20.2 Å². The molecule has 0 aromatic rings. The van der Waals surface area contributed by atoms with Crippen LogP contribution in [0, 0.1) is 0 Å². The average molecular weight is 202 g/mol. The SMILES string of the molecule is CC[C@@H](C(C)=O)[Si](C)(C)OC(C)C. The standard InChI is InChI=1S/C10H22O2Si/c1-7-10(9(4)11)13(5,6)12-8(2)3/h8,10H,7H2,1-6H3/t10-/m0/s1. The van der Waals surface area contributed by atoms with E-state index in [0.29, 0.717) is 0 Å². The topological polar surface area (TPSA) is 26.3 Å². The summed E-state index contributed by atoms with van der Waals surface area (Å²) in [6.45, 7) is 12.0. The van der Waals surface area contributed by atoms with Gasteiger partial charge in [-0.1, -0.05) is 6.92 Å². The van der Waals surface area contributed by atoms with Crippen LogP contribution in [0.25, 0.3) is 0 Å². The maximum Gasteiger partial charge on any atom is 0.197 e.